The van der Waals surface area contributed by atoms with Gasteiger partial charge in [-0.1, -0.05) is 30.3 Å². The summed E-state index contributed by atoms with van der Waals surface area (Å²) in [7, 11) is 3.09. The summed E-state index contributed by atoms with van der Waals surface area (Å²) >= 11 is 0. The second-order valence-corrected chi connectivity index (χ2v) is 5.95. The summed E-state index contributed by atoms with van der Waals surface area (Å²) in [6.07, 6.45) is 1.08. The lowest BCUT2D eigenvalue weighted by molar-refractivity contribution is -0.123. The van der Waals surface area contributed by atoms with Crippen molar-refractivity contribution in [1.29, 1.82) is 0 Å². The molecule has 0 aliphatic heterocycles. The van der Waals surface area contributed by atoms with Crippen molar-refractivity contribution in [1.82, 2.24) is 10.7 Å². The van der Waals surface area contributed by atoms with E-state index >= 15 is 0 Å². The molecule has 2 rings (SSSR count). The number of ether oxygens (including phenoxy) is 3. The molecule has 0 saturated heterocycles. The van der Waals surface area contributed by atoms with Crippen LogP contribution in [0.15, 0.2) is 53.6 Å². The van der Waals surface area contributed by atoms with E-state index < -0.39 is 18.0 Å². The van der Waals surface area contributed by atoms with Gasteiger partial charge in [-0.05, 0) is 30.7 Å². The zero-order valence-electron chi connectivity index (χ0n) is 16.7. The van der Waals surface area contributed by atoms with Gasteiger partial charge in [-0.2, -0.15) is 5.10 Å². The van der Waals surface area contributed by atoms with Gasteiger partial charge >= 0.3 is 6.09 Å². The molecular weight excluding hydrogens is 374 g/mol. The summed E-state index contributed by atoms with van der Waals surface area (Å²) in [5.74, 6) is 0.735. The maximum atomic E-state index is 12.6. The molecule has 0 spiro atoms. The summed E-state index contributed by atoms with van der Waals surface area (Å²) in [5, 5.41) is 6.55. The number of rotatable bonds is 9. The first kappa shape index (κ1) is 21.7. The zero-order chi connectivity index (χ0) is 21.1. The number of carbonyl (C=O) groups is 2. The second kappa shape index (κ2) is 11.3. The number of carbonyl (C=O) groups excluding carboxylic acids is 2. The van der Waals surface area contributed by atoms with Crippen molar-refractivity contribution >= 4 is 18.2 Å². The van der Waals surface area contributed by atoms with Gasteiger partial charge < -0.3 is 19.5 Å². The number of hydrogen-bond donors (Lipinski definition) is 2. The van der Waals surface area contributed by atoms with Crippen LogP contribution in [-0.4, -0.2) is 45.1 Å². The number of hydrogen-bond acceptors (Lipinski definition) is 6. The first-order valence-corrected chi connectivity index (χ1v) is 9.09. The average Bonchev–Trinajstić information content (AvgIpc) is 2.74. The molecule has 2 aromatic rings. The monoisotopic (exact) mass is 399 g/mol. The molecule has 8 nitrogen and oxygen atoms in total. The molecule has 0 aliphatic rings. The molecule has 0 saturated carbocycles. The highest BCUT2D eigenvalue weighted by Gasteiger charge is 2.21. The maximum Gasteiger partial charge on any atom is 0.407 e. The summed E-state index contributed by atoms with van der Waals surface area (Å²) in [5.41, 5.74) is 3.97. The van der Waals surface area contributed by atoms with E-state index in [2.05, 4.69) is 15.8 Å². The highest BCUT2D eigenvalue weighted by molar-refractivity contribution is 5.88. The van der Waals surface area contributed by atoms with Gasteiger partial charge in [0.25, 0.3) is 5.91 Å². The Morgan fingerprint density at radius 1 is 1.10 bits per heavy atom. The SMILES string of the molecule is CCOC(=O)N[C@@H](Cc1ccccc1)C(=O)N/N=C\c1cc(OC)ccc1OC. The van der Waals surface area contributed by atoms with Crippen molar-refractivity contribution in [3.05, 3.63) is 59.7 Å². The predicted molar refractivity (Wildman–Crippen MR) is 109 cm³/mol. The summed E-state index contributed by atoms with van der Waals surface area (Å²) in [6.45, 7) is 1.90. The second-order valence-electron chi connectivity index (χ2n) is 5.95. The first-order chi connectivity index (χ1) is 14.1. The number of amides is 2. The third-order valence-corrected chi connectivity index (χ3v) is 3.98. The first-order valence-electron chi connectivity index (χ1n) is 9.09. The van der Waals surface area contributed by atoms with Gasteiger partial charge in [-0.25, -0.2) is 10.2 Å². The number of nitrogens with zero attached hydrogens (tertiary/aromatic N) is 1. The third kappa shape index (κ3) is 6.84. The quantitative estimate of drug-likeness (QED) is 0.499. The number of alkyl carbamates (subject to hydrolysis) is 1. The standard InChI is InChI=1S/C21H25N3O5/c1-4-29-21(26)23-18(12-15-8-6-5-7-9-15)20(25)24-22-14-16-13-17(27-2)10-11-19(16)28-3/h5-11,13-14,18H,4,12H2,1-3H3,(H,23,26)(H,24,25)/b22-14-/t18-/m0/s1. The molecular formula is C21H25N3O5. The minimum Gasteiger partial charge on any atom is -0.497 e. The van der Waals surface area contributed by atoms with Crippen LogP contribution in [0.1, 0.15) is 18.1 Å². The third-order valence-electron chi connectivity index (χ3n) is 3.98. The zero-order valence-corrected chi connectivity index (χ0v) is 16.7. The van der Waals surface area contributed by atoms with E-state index in [9.17, 15) is 9.59 Å². The van der Waals surface area contributed by atoms with Crippen LogP contribution in [0, 0.1) is 0 Å². The molecule has 0 radical (unpaired) electrons. The fourth-order valence-electron chi connectivity index (χ4n) is 2.56. The van der Waals surface area contributed by atoms with Crippen LogP contribution in [-0.2, 0) is 16.0 Å². The van der Waals surface area contributed by atoms with Gasteiger partial charge in [0.05, 0.1) is 27.0 Å². The van der Waals surface area contributed by atoms with E-state index in [1.54, 1.807) is 32.2 Å². The van der Waals surface area contributed by atoms with Crippen molar-refractivity contribution in [3.63, 3.8) is 0 Å². The molecule has 2 amide bonds. The summed E-state index contributed by atoms with van der Waals surface area (Å²) < 4.78 is 15.4. The van der Waals surface area contributed by atoms with Crippen molar-refractivity contribution in [2.45, 2.75) is 19.4 Å². The Balaban J connectivity index is 2.10. The molecule has 2 N–H and O–H groups in total. The summed E-state index contributed by atoms with van der Waals surface area (Å²) in [4.78, 5) is 24.4. The van der Waals surface area contributed by atoms with Crippen LogP contribution in [0.3, 0.4) is 0 Å². The molecule has 0 fully saturated rings. The van der Waals surface area contributed by atoms with Crippen molar-refractivity contribution in [3.8, 4) is 11.5 Å². The Morgan fingerprint density at radius 3 is 2.52 bits per heavy atom. The fraction of sp³-hybridized carbons (Fsp3) is 0.286. The van der Waals surface area contributed by atoms with Gasteiger partial charge in [0.1, 0.15) is 17.5 Å². The van der Waals surface area contributed by atoms with E-state index in [-0.39, 0.29) is 6.61 Å². The molecule has 0 aliphatic carbocycles. The number of benzene rings is 2. The number of nitrogens with one attached hydrogen (secondary N) is 2. The number of hydrazone groups is 1. The summed E-state index contributed by atoms with van der Waals surface area (Å²) in [6, 6.07) is 13.7. The van der Waals surface area contributed by atoms with Crippen molar-refractivity contribution in [2.24, 2.45) is 5.10 Å². The van der Waals surface area contributed by atoms with Crippen LogP contribution in [0.25, 0.3) is 0 Å². The molecule has 0 heterocycles. The normalized spacial score (nSPS) is 11.6. The Kier molecular flexibility index (Phi) is 8.50. The van der Waals surface area contributed by atoms with Gasteiger partial charge in [-0.3, -0.25) is 4.79 Å². The lowest BCUT2D eigenvalue weighted by Gasteiger charge is -2.17. The molecule has 0 unspecified atom stereocenters. The smallest absolute Gasteiger partial charge is 0.407 e. The van der Waals surface area contributed by atoms with Crippen LogP contribution in [0.2, 0.25) is 0 Å². The van der Waals surface area contributed by atoms with Crippen LogP contribution < -0.4 is 20.2 Å². The van der Waals surface area contributed by atoms with Gasteiger partial charge in [-0.15, -0.1) is 0 Å². The minimum atomic E-state index is -0.846. The molecule has 0 bridgehead atoms. The molecule has 29 heavy (non-hydrogen) atoms. The number of methoxy groups -OCH3 is 2. The Bertz CT molecular complexity index is 839. The average molecular weight is 399 g/mol. The van der Waals surface area contributed by atoms with Crippen LogP contribution in [0.4, 0.5) is 4.79 Å². The molecule has 154 valence electrons. The van der Waals surface area contributed by atoms with Crippen LogP contribution >= 0.6 is 0 Å². The largest absolute Gasteiger partial charge is 0.497 e. The van der Waals surface area contributed by atoms with E-state index in [1.807, 2.05) is 30.3 Å². The van der Waals surface area contributed by atoms with Gasteiger partial charge in [0, 0.05) is 12.0 Å². The van der Waals surface area contributed by atoms with E-state index in [4.69, 9.17) is 14.2 Å². The highest BCUT2D eigenvalue weighted by atomic mass is 16.5. The van der Waals surface area contributed by atoms with E-state index in [1.165, 1.54) is 13.3 Å². The fourth-order valence-corrected chi connectivity index (χ4v) is 2.56. The molecule has 2 aromatic carbocycles. The Hall–Kier alpha value is -3.55. The molecule has 0 aromatic heterocycles. The molecule has 1 atom stereocenters. The lowest BCUT2D eigenvalue weighted by Crippen LogP contribution is -2.47. The van der Waals surface area contributed by atoms with E-state index in [0.29, 0.717) is 23.5 Å². The van der Waals surface area contributed by atoms with Crippen molar-refractivity contribution < 1.29 is 23.8 Å². The van der Waals surface area contributed by atoms with Crippen molar-refractivity contribution in [2.75, 3.05) is 20.8 Å². The van der Waals surface area contributed by atoms with Crippen LogP contribution in [0.5, 0.6) is 11.5 Å². The molecule has 8 heteroatoms. The topological polar surface area (TPSA) is 98.2 Å². The Labute approximate surface area is 169 Å². The predicted octanol–water partition coefficient (Wildman–Crippen LogP) is 2.51. The highest BCUT2D eigenvalue weighted by Crippen LogP contribution is 2.22. The van der Waals surface area contributed by atoms with Gasteiger partial charge in [0.2, 0.25) is 0 Å². The Morgan fingerprint density at radius 2 is 1.86 bits per heavy atom. The minimum absolute atomic E-state index is 0.208. The van der Waals surface area contributed by atoms with Gasteiger partial charge in [0.15, 0.2) is 0 Å². The maximum absolute atomic E-state index is 12.6. The lowest BCUT2D eigenvalue weighted by atomic mass is 10.1. The van der Waals surface area contributed by atoms with E-state index in [0.717, 1.165) is 5.56 Å².